The van der Waals surface area contributed by atoms with E-state index < -0.39 is 37.2 Å². The molecule has 1 unspecified atom stereocenters. The molecule has 0 aliphatic heterocycles. The first kappa shape index (κ1) is 28.3. The second-order valence-electron chi connectivity index (χ2n) is 7.69. The Balaban J connectivity index is 4.88. The molecule has 0 rings (SSSR count). The largest absolute Gasteiger partial charge is 0.353 e. The fraction of sp³-hybridized carbons (Fsp3) is 0.833. The predicted octanol–water partition coefficient (Wildman–Crippen LogP) is -0.147. The fourth-order valence-corrected chi connectivity index (χ4v) is 3.40. The van der Waals surface area contributed by atoms with E-state index in [0.29, 0.717) is 19.4 Å². The molecule has 176 valence electrons. The van der Waals surface area contributed by atoms with E-state index in [0.717, 1.165) is 0 Å². The Labute approximate surface area is 179 Å². The molecule has 3 atom stereocenters. The number of primary amides is 1. The highest BCUT2D eigenvalue weighted by Crippen LogP contribution is 2.40. The van der Waals surface area contributed by atoms with Crippen LogP contribution < -0.4 is 32.1 Å². The third kappa shape index (κ3) is 11.5. The molecule has 0 aromatic carbocycles. The molecule has 12 heteroatoms. The zero-order chi connectivity index (χ0) is 23.3. The van der Waals surface area contributed by atoms with Gasteiger partial charge in [-0.1, -0.05) is 34.6 Å². The first-order valence-electron chi connectivity index (χ1n) is 10.3. The third-order valence-corrected chi connectivity index (χ3v) is 6.51. The SMILES string of the molecule is CCN[C@H](C(=O)N[C@@H](CCCNC(N)=O)C(=O)NCCNP(=O)(O)C(C)C)C(C)C. The molecule has 0 radical (unpaired) electrons. The maximum atomic E-state index is 12.6. The second kappa shape index (κ2) is 14.3. The van der Waals surface area contributed by atoms with Crippen molar-refractivity contribution in [3.8, 4) is 0 Å². The van der Waals surface area contributed by atoms with Crippen LogP contribution in [0, 0.1) is 5.92 Å². The number of nitrogens with two attached hydrogens (primary N) is 1. The van der Waals surface area contributed by atoms with Crippen molar-refractivity contribution in [3.05, 3.63) is 0 Å². The van der Waals surface area contributed by atoms with Gasteiger partial charge in [-0.15, -0.1) is 0 Å². The van der Waals surface area contributed by atoms with E-state index in [9.17, 15) is 23.8 Å². The Morgan fingerprint density at radius 1 is 1.00 bits per heavy atom. The van der Waals surface area contributed by atoms with Crippen LogP contribution in [-0.2, 0) is 14.2 Å². The standard InChI is InChI=1S/C18H39N6O5P/c1-6-20-15(12(2)3)17(26)24-14(8-7-9-22-18(19)27)16(25)21-10-11-23-30(28,29)13(4)5/h12-15,20H,6-11H2,1-5H3,(H,21,25)(H,24,26)(H3,19,22,27)(H2,23,28,29)/t14-,15-/m0/s1. The maximum Gasteiger partial charge on any atom is 0.312 e. The Morgan fingerprint density at radius 3 is 2.13 bits per heavy atom. The van der Waals surface area contributed by atoms with Crippen molar-refractivity contribution in [2.45, 2.75) is 65.2 Å². The van der Waals surface area contributed by atoms with Gasteiger partial charge in [-0.3, -0.25) is 14.2 Å². The highest BCUT2D eigenvalue weighted by Gasteiger charge is 2.27. The van der Waals surface area contributed by atoms with Crippen LogP contribution >= 0.6 is 7.52 Å². The number of carbonyl (C=O) groups excluding carboxylic acids is 3. The summed E-state index contributed by atoms with van der Waals surface area (Å²) in [6, 6.07) is -1.91. The molecule has 0 aromatic rings. The average molecular weight is 451 g/mol. The first-order valence-corrected chi connectivity index (χ1v) is 12.1. The Morgan fingerprint density at radius 2 is 1.63 bits per heavy atom. The smallest absolute Gasteiger partial charge is 0.312 e. The van der Waals surface area contributed by atoms with Crippen molar-refractivity contribution in [2.75, 3.05) is 26.2 Å². The van der Waals surface area contributed by atoms with E-state index in [1.165, 1.54) is 0 Å². The van der Waals surface area contributed by atoms with Gasteiger partial charge in [0, 0.05) is 25.3 Å². The minimum absolute atomic E-state index is 0.0316. The van der Waals surface area contributed by atoms with Crippen molar-refractivity contribution in [1.82, 2.24) is 26.4 Å². The number of carbonyl (C=O) groups is 3. The zero-order valence-electron chi connectivity index (χ0n) is 18.7. The Hall–Kier alpha value is -1.68. The van der Waals surface area contributed by atoms with Crippen LogP contribution in [-0.4, -0.2) is 66.7 Å². The number of hydrogen-bond donors (Lipinski definition) is 7. The van der Waals surface area contributed by atoms with Gasteiger partial charge in [-0.25, -0.2) is 9.88 Å². The van der Waals surface area contributed by atoms with Crippen LogP contribution in [0.1, 0.15) is 47.5 Å². The van der Waals surface area contributed by atoms with Gasteiger partial charge in [0.1, 0.15) is 6.04 Å². The summed E-state index contributed by atoms with van der Waals surface area (Å²) < 4.78 is 11.9. The summed E-state index contributed by atoms with van der Waals surface area (Å²) in [4.78, 5) is 45.8. The zero-order valence-corrected chi connectivity index (χ0v) is 19.6. The van der Waals surface area contributed by atoms with E-state index in [1.807, 2.05) is 20.8 Å². The molecule has 30 heavy (non-hydrogen) atoms. The van der Waals surface area contributed by atoms with Crippen LogP contribution in [0.5, 0.6) is 0 Å². The summed E-state index contributed by atoms with van der Waals surface area (Å²) in [5, 5.41) is 13.5. The minimum Gasteiger partial charge on any atom is -0.353 e. The monoisotopic (exact) mass is 450 g/mol. The van der Waals surface area contributed by atoms with Gasteiger partial charge >= 0.3 is 6.03 Å². The van der Waals surface area contributed by atoms with Crippen molar-refractivity contribution in [1.29, 1.82) is 0 Å². The topological polar surface area (TPSA) is 175 Å². The quantitative estimate of drug-likeness (QED) is 0.134. The Bertz CT molecular complexity index is 602. The van der Waals surface area contributed by atoms with E-state index in [2.05, 4.69) is 26.4 Å². The van der Waals surface area contributed by atoms with E-state index >= 15 is 0 Å². The molecule has 0 aromatic heterocycles. The third-order valence-electron chi connectivity index (χ3n) is 4.44. The fourth-order valence-electron chi connectivity index (χ4n) is 2.61. The van der Waals surface area contributed by atoms with Gasteiger partial charge in [-0.05, 0) is 25.3 Å². The molecule has 0 spiro atoms. The summed E-state index contributed by atoms with van der Waals surface area (Å²) in [6.45, 7) is 10.1. The molecule has 0 heterocycles. The molecule has 0 aliphatic rings. The summed E-state index contributed by atoms with van der Waals surface area (Å²) in [6.07, 6.45) is 0.735. The lowest BCUT2D eigenvalue weighted by Crippen LogP contribution is -2.54. The number of likely N-dealkylation sites (N-methyl/N-ethyl adjacent to an activating group) is 1. The lowest BCUT2D eigenvalue weighted by molar-refractivity contribution is -0.130. The number of hydrogen-bond acceptors (Lipinski definition) is 5. The molecule has 0 aliphatic carbocycles. The number of nitrogens with one attached hydrogen (secondary N) is 5. The van der Waals surface area contributed by atoms with Crippen molar-refractivity contribution >= 4 is 25.4 Å². The lowest BCUT2D eigenvalue weighted by atomic mass is 10.0. The van der Waals surface area contributed by atoms with Gasteiger partial charge in [0.2, 0.25) is 11.8 Å². The van der Waals surface area contributed by atoms with Crippen LogP contribution in [0.15, 0.2) is 0 Å². The highest BCUT2D eigenvalue weighted by molar-refractivity contribution is 7.56. The molecular formula is C18H39N6O5P. The molecule has 11 nitrogen and oxygen atoms in total. The molecule has 4 amide bonds. The number of rotatable bonds is 15. The molecule has 0 saturated heterocycles. The van der Waals surface area contributed by atoms with Crippen molar-refractivity contribution in [2.24, 2.45) is 11.7 Å². The predicted molar refractivity (Wildman–Crippen MR) is 117 cm³/mol. The van der Waals surface area contributed by atoms with Gasteiger partial charge in [0.15, 0.2) is 0 Å². The molecule has 0 saturated carbocycles. The average Bonchev–Trinajstić information content (AvgIpc) is 2.64. The number of amides is 4. The molecule has 0 bridgehead atoms. The number of urea groups is 1. The molecule has 8 N–H and O–H groups in total. The summed E-state index contributed by atoms with van der Waals surface area (Å²) in [5.41, 5.74) is 4.60. The van der Waals surface area contributed by atoms with Gasteiger partial charge in [-0.2, -0.15) is 0 Å². The summed E-state index contributed by atoms with van der Waals surface area (Å²) >= 11 is 0. The van der Waals surface area contributed by atoms with Crippen LogP contribution in [0.3, 0.4) is 0 Å². The van der Waals surface area contributed by atoms with Gasteiger partial charge < -0.3 is 31.9 Å². The van der Waals surface area contributed by atoms with E-state index in [1.54, 1.807) is 13.8 Å². The second-order valence-corrected chi connectivity index (χ2v) is 10.3. The first-order chi connectivity index (χ1) is 13.9. The van der Waals surface area contributed by atoms with E-state index in [4.69, 9.17) is 5.73 Å². The Kier molecular flexibility index (Phi) is 13.5. The van der Waals surface area contributed by atoms with Crippen LogP contribution in [0.4, 0.5) is 4.79 Å². The van der Waals surface area contributed by atoms with Gasteiger partial charge in [0.25, 0.3) is 7.52 Å². The van der Waals surface area contributed by atoms with E-state index in [-0.39, 0.29) is 31.5 Å². The van der Waals surface area contributed by atoms with Crippen molar-refractivity contribution in [3.63, 3.8) is 0 Å². The van der Waals surface area contributed by atoms with Crippen LogP contribution in [0.2, 0.25) is 0 Å². The summed E-state index contributed by atoms with van der Waals surface area (Å²) in [7, 11) is -3.47. The maximum absolute atomic E-state index is 12.6. The normalized spacial score (nSPS) is 15.3. The molecular weight excluding hydrogens is 411 g/mol. The summed E-state index contributed by atoms with van der Waals surface area (Å²) in [5.74, 6) is -0.655. The molecule has 0 fully saturated rings. The highest BCUT2D eigenvalue weighted by atomic mass is 31.2. The van der Waals surface area contributed by atoms with Crippen LogP contribution in [0.25, 0.3) is 0 Å². The van der Waals surface area contributed by atoms with Gasteiger partial charge in [0.05, 0.1) is 6.04 Å². The van der Waals surface area contributed by atoms with Crippen molar-refractivity contribution < 1.29 is 23.8 Å². The lowest BCUT2D eigenvalue weighted by Gasteiger charge is -2.25. The minimum atomic E-state index is -3.47.